The lowest BCUT2D eigenvalue weighted by Crippen LogP contribution is -2.32. The first-order chi connectivity index (χ1) is 12.5. The zero-order valence-electron chi connectivity index (χ0n) is 14.7. The Labute approximate surface area is 154 Å². The molecule has 1 atom stereocenters. The Hall–Kier alpha value is -1.74. The van der Waals surface area contributed by atoms with E-state index in [0.29, 0.717) is 18.7 Å². The van der Waals surface area contributed by atoms with Gasteiger partial charge < -0.3 is 15.4 Å². The third-order valence-corrected chi connectivity index (χ3v) is 6.03. The number of nitrogens with one attached hydrogen (secondary N) is 3. The highest BCUT2D eigenvalue weighted by Gasteiger charge is 2.20. The van der Waals surface area contributed by atoms with Gasteiger partial charge >= 0.3 is 0 Å². The number of hydrogen-bond acceptors (Lipinski definition) is 5. The molecule has 2 aliphatic rings. The van der Waals surface area contributed by atoms with Crippen LogP contribution in [0, 0.1) is 0 Å². The largest absolute Gasteiger partial charge is 0.377 e. The second-order valence-electron chi connectivity index (χ2n) is 6.51. The zero-order chi connectivity index (χ0) is 18.4. The SMILES string of the molecule is O=C(NCC1=CCNCC1)c1ccc(S(=O)(=O)NCC2CCCO2)cc1. The molecule has 0 aromatic heterocycles. The summed E-state index contributed by atoms with van der Waals surface area (Å²) in [6.45, 7) is 3.23. The minimum absolute atomic E-state index is 0.0564. The summed E-state index contributed by atoms with van der Waals surface area (Å²) < 4.78 is 32.6. The topological polar surface area (TPSA) is 96.5 Å². The highest BCUT2D eigenvalue weighted by molar-refractivity contribution is 7.89. The van der Waals surface area contributed by atoms with Crippen LogP contribution in [0.5, 0.6) is 0 Å². The Kier molecular flexibility index (Phi) is 6.42. The van der Waals surface area contributed by atoms with E-state index in [9.17, 15) is 13.2 Å². The molecule has 0 aliphatic carbocycles. The van der Waals surface area contributed by atoms with E-state index in [1.165, 1.54) is 29.8 Å². The molecule has 1 aromatic carbocycles. The van der Waals surface area contributed by atoms with E-state index in [-0.39, 0.29) is 23.5 Å². The molecule has 1 amide bonds. The highest BCUT2D eigenvalue weighted by Crippen LogP contribution is 2.14. The highest BCUT2D eigenvalue weighted by atomic mass is 32.2. The number of hydrogen-bond donors (Lipinski definition) is 3. The van der Waals surface area contributed by atoms with Gasteiger partial charge in [0.05, 0.1) is 11.0 Å². The van der Waals surface area contributed by atoms with Crippen molar-refractivity contribution in [3.05, 3.63) is 41.5 Å². The van der Waals surface area contributed by atoms with Gasteiger partial charge in [0.2, 0.25) is 10.0 Å². The molecule has 2 heterocycles. The van der Waals surface area contributed by atoms with Crippen molar-refractivity contribution >= 4 is 15.9 Å². The molecule has 8 heteroatoms. The maximum atomic E-state index is 12.3. The lowest BCUT2D eigenvalue weighted by molar-refractivity contribution is 0.0956. The van der Waals surface area contributed by atoms with Gasteiger partial charge in [-0.3, -0.25) is 4.79 Å². The molecule has 1 aromatic rings. The average Bonchev–Trinajstić information content (AvgIpc) is 3.19. The second-order valence-corrected chi connectivity index (χ2v) is 8.28. The third-order valence-electron chi connectivity index (χ3n) is 4.59. The maximum Gasteiger partial charge on any atom is 0.251 e. The van der Waals surface area contributed by atoms with Gasteiger partial charge in [0.1, 0.15) is 0 Å². The van der Waals surface area contributed by atoms with Gasteiger partial charge in [0.25, 0.3) is 5.91 Å². The van der Waals surface area contributed by atoms with Crippen molar-refractivity contribution in [2.24, 2.45) is 0 Å². The van der Waals surface area contributed by atoms with Crippen molar-refractivity contribution in [1.82, 2.24) is 15.4 Å². The number of carbonyl (C=O) groups excluding carboxylic acids is 1. The number of amides is 1. The fraction of sp³-hybridized carbons (Fsp3) is 0.500. The Bertz CT molecular complexity index is 753. The van der Waals surface area contributed by atoms with E-state index in [2.05, 4.69) is 21.4 Å². The first-order valence-electron chi connectivity index (χ1n) is 8.93. The normalized spacial score (nSPS) is 20.6. The van der Waals surface area contributed by atoms with Gasteiger partial charge in [0.15, 0.2) is 0 Å². The molecule has 7 nitrogen and oxygen atoms in total. The van der Waals surface area contributed by atoms with Gasteiger partial charge in [-0.05, 0) is 50.1 Å². The summed E-state index contributed by atoms with van der Waals surface area (Å²) in [5, 5.41) is 6.10. The molecule has 0 saturated carbocycles. The molecule has 26 heavy (non-hydrogen) atoms. The van der Waals surface area contributed by atoms with Crippen LogP contribution in [-0.2, 0) is 14.8 Å². The fourth-order valence-electron chi connectivity index (χ4n) is 3.00. The van der Waals surface area contributed by atoms with Crippen LogP contribution in [0.4, 0.5) is 0 Å². The van der Waals surface area contributed by atoms with E-state index in [4.69, 9.17) is 4.74 Å². The third kappa shape index (κ3) is 5.14. The molecule has 1 unspecified atom stereocenters. The van der Waals surface area contributed by atoms with E-state index in [1.807, 2.05) is 0 Å². The summed E-state index contributed by atoms with van der Waals surface area (Å²) in [4.78, 5) is 12.4. The lowest BCUT2D eigenvalue weighted by Gasteiger charge is -2.14. The number of ether oxygens (including phenoxy) is 1. The van der Waals surface area contributed by atoms with Crippen LogP contribution in [0.3, 0.4) is 0 Å². The standard InChI is InChI=1S/C18H25N3O4S/c22-18(20-12-14-7-9-19-10-8-14)15-3-5-17(6-4-15)26(23,24)21-13-16-2-1-11-25-16/h3-7,16,19,21H,1-2,8-13H2,(H,20,22). The summed E-state index contributed by atoms with van der Waals surface area (Å²) in [5.74, 6) is -0.208. The Morgan fingerprint density at radius 2 is 2.08 bits per heavy atom. The van der Waals surface area contributed by atoms with Crippen molar-refractivity contribution in [2.45, 2.75) is 30.3 Å². The molecule has 3 N–H and O–H groups in total. The molecule has 0 bridgehead atoms. The predicted octanol–water partition coefficient (Wildman–Crippen LogP) is 0.793. The quantitative estimate of drug-likeness (QED) is 0.609. The average molecular weight is 379 g/mol. The summed E-state index contributed by atoms with van der Waals surface area (Å²) in [6.07, 6.45) is 4.78. The minimum Gasteiger partial charge on any atom is -0.377 e. The van der Waals surface area contributed by atoms with Crippen LogP contribution in [-0.4, -0.2) is 53.2 Å². The zero-order valence-corrected chi connectivity index (χ0v) is 15.5. The first-order valence-corrected chi connectivity index (χ1v) is 10.4. The first kappa shape index (κ1) is 19.0. The number of sulfonamides is 1. The van der Waals surface area contributed by atoms with Crippen molar-refractivity contribution < 1.29 is 17.9 Å². The molecular formula is C18H25N3O4S. The van der Waals surface area contributed by atoms with Gasteiger partial charge in [-0.2, -0.15) is 0 Å². The van der Waals surface area contributed by atoms with Gasteiger partial charge in [-0.15, -0.1) is 0 Å². The van der Waals surface area contributed by atoms with Crippen molar-refractivity contribution in [3.63, 3.8) is 0 Å². The monoisotopic (exact) mass is 379 g/mol. The van der Waals surface area contributed by atoms with Crippen molar-refractivity contribution in [2.75, 3.05) is 32.8 Å². The van der Waals surface area contributed by atoms with E-state index in [0.717, 1.165) is 32.4 Å². The Morgan fingerprint density at radius 3 is 2.73 bits per heavy atom. The molecule has 0 spiro atoms. The van der Waals surface area contributed by atoms with Crippen molar-refractivity contribution in [3.8, 4) is 0 Å². The van der Waals surface area contributed by atoms with E-state index >= 15 is 0 Å². The van der Waals surface area contributed by atoms with Gasteiger partial charge in [-0.1, -0.05) is 11.6 Å². The Morgan fingerprint density at radius 1 is 1.27 bits per heavy atom. The fourth-order valence-corrected chi connectivity index (χ4v) is 4.07. The molecule has 3 rings (SSSR count). The van der Waals surface area contributed by atoms with Crippen LogP contribution < -0.4 is 15.4 Å². The summed E-state index contributed by atoms with van der Waals surface area (Å²) in [7, 11) is -3.60. The smallest absolute Gasteiger partial charge is 0.251 e. The van der Waals surface area contributed by atoms with Crippen LogP contribution in [0.1, 0.15) is 29.6 Å². The summed E-state index contributed by atoms with van der Waals surface area (Å²) in [6, 6.07) is 5.98. The lowest BCUT2D eigenvalue weighted by atomic mass is 10.1. The van der Waals surface area contributed by atoms with Crippen LogP contribution in [0.25, 0.3) is 0 Å². The summed E-state index contributed by atoms with van der Waals surface area (Å²) >= 11 is 0. The van der Waals surface area contributed by atoms with Crippen molar-refractivity contribution in [1.29, 1.82) is 0 Å². The summed E-state index contributed by atoms with van der Waals surface area (Å²) in [5.41, 5.74) is 1.65. The van der Waals surface area contributed by atoms with E-state index in [1.54, 1.807) is 0 Å². The van der Waals surface area contributed by atoms with E-state index < -0.39 is 10.0 Å². The number of rotatable bonds is 7. The molecule has 1 saturated heterocycles. The molecule has 0 radical (unpaired) electrons. The van der Waals surface area contributed by atoms with Gasteiger partial charge in [0, 0.05) is 31.8 Å². The molecule has 2 aliphatic heterocycles. The molecule has 142 valence electrons. The number of carbonyl (C=O) groups is 1. The Balaban J connectivity index is 1.54. The molecular weight excluding hydrogens is 354 g/mol. The van der Waals surface area contributed by atoms with Crippen LogP contribution >= 0.6 is 0 Å². The van der Waals surface area contributed by atoms with Crippen LogP contribution in [0.2, 0.25) is 0 Å². The second kappa shape index (κ2) is 8.77. The minimum atomic E-state index is -3.60. The number of benzene rings is 1. The van der Waals surface area contributed by atoms with Crippen LogP contribution in [0.15, 0.2) is 40.8 Å². The van der Waals surface area contributed by atoms with Gasteiger partial charge in [-0.25, -0.2) is 13.1 Å². The molecule has 1 fully saturated rings. The predicted molar refractivity (Wildman–Crippen MR) is 98.5 cm³/mol. The maximum absolute atomic E-state index is 12.3.